The standard InChI is InChI=1S/C30H29F3O3S/c1-18(2)28(34)26-15-16-29(3,37(35,36)21-9-6-8-20(17-21)30(31,32)33)27-24-12-11-19-7-4-5-10-22(19)23(24)13-14-25(26)27/h4-14,17-18,25-27H,15-16H2,1-3H3. The van der Waals surface area contributed by atoms with Crippen LogP contribution >= 0.6 is 0 Å². The van der Waals surface area contributed by atoms with Crippen molar-refractivity contribution in [3.05, 3.63) is 83.4 Å². The fraction of sp³-hybridized carbons (Fsp3) is 0.367. The summed E-state index contributed by atoms with van der Waals surface area (Å²) >= 11 is 0. The van der Waals surface area contributed by atoms with E-state index in [1.807, 2.05) is 62.4 Å². The van der Waals surface area contributed by atoms with Gasteiger partial charge in [-0.25, -0.2) is 8.42 Å². The first-order chi connectivity index (χ1) is 17.4. The van der Waals surface area contributed by atoms with Crippen LogP contribution in [0.3, 0.4) is 0 Å². The summed E-state index contributed by atoms with van der Waals surface area (Å²) in [5, 5.41) is 1.99. The molecule has 3 nitrogen and oxygen atoms in total. The predicted molar refractivity (Wildman–Crippen MR) is 139 cm³/mol. The Morgan fingerprint density at radius 1 is 1.03 bits per heavy atom. The van der Waals surface area contributed by atoms with Gasteiger partial charge in [-0.05, 0) is 65.8 Å². The molecule has 7 heteroatoms. The average molecular weight is 527 g/mol. The average Bonchev–Trinajstić information content (AvgIpc) is 2.87. The van der Waals surface area contributed by atoms with Crippen LogP contribution in [-0.4, -0.2) is 18.9 Å². The third kappa shape index (κ3) is 4.02. The Labute approximate surface area is 215 Å². The summed E-state index contributed by atoms with van der Waals surface area (Å²) in [4.78, 5) is 12.9. The molecular weight excluding hydrogens is 497 g/mol. The van der Waals surface area contributed by atoms with Gasteiger partial charge in [0.1, 0.15) is 5.78 Å². The van der Waals surface area contributed by atoms with Crippen LogP contribution in [0.1, 0.15) is 56.2 Å². The number of carbonyl (C=O) groups is 1. The van der Waals surface area contributed by atoms with Gasteiger partial charge in [0.15, 0.2) is 9.84 Å². The van der Waals surface area contributed by atoms with Crippen molar-refractivity contribution in [1.29, 1.82) is 0 Å². The van der Waals surface area contributed by atoms with Gasteiger partial charge in [-0.1, -0.05) is 68.5 Å². The highest BCUT2D eigenvalue weighted by Crippen LogP contribution is 2.57. The zero-order valence-electron chi connectivity index (χ0n) is 20.9. The van der Waals surface area contributed by atoms with Crippen molar-refractivity contribution in [2.24, 2.45) is 17.8 Å². The molecule has 4 atom stereocenters. The fourth-order valence-corrected chi connectivity index (χ4v) is 8.44. The summed E-state index contributed by atoms with van der Waals surface area (Å²) in [6.45, 7) is 5.34. The molecule has 0 N–H and O–H groups in total. The van der Waals surface area contributed by atoms with Crippen LogP contribution in [0.4, 0.5) is 13.2 Å². The highest BCUT2D eigenvalue weighted by Gasteiger charge is 2.56. The largest absolute Gasteiger partial charge is 0.416 e. The van der Waals surface area contributed by atoms with Crippen LogP contribution in [-0.2, 0) is 20.8 Å². The van der Waals surface area contributed by atoms with Crippen LogP contribution in [0, 0.1) is 17.8 Å². The maximum absolute atomic E-state index is 14.3. The van der Waals surface area contributed by atoms with Crippen molar-refractivity contribution in [2.75, 3.05) is 0 Å². The van der Waals surface area contributed by atoms with Crippen molar-refractivity contribution >= 4 is 32.5 Å². The van der Waals surface area contributed by atoms with Crippen molar-refractivity contribution in [2.45, 2.75) is 55.3 Å². The predicted octanol–water partition coefficient (Wildman–Crippen LogP) is 7.45. The van der Waals surface area contributed by atoms with Gasteiger partial charge in [-0.3, -0.25) is 4.79 Å². The molecule has 194 valence electrons. The first-order valence-electron chi connectivity index (χ1n) is 12.5. The maximum Gasteiger partial charge on any atom is 0.416 e. The molecule has 1 fully saturated rings. The van der Waals surface area contributed by atoms with E-state index >= 15 is 0 Å². The lowest BCUT2D eigenvalue weighted by molar-refractivity contribution is -0.137. The van der Waals surface area contributed by atoms with Crippen molar-refractivity contribution in [3.8, 4) is 0 Å². The number of hydrogen-bond donors (Lipinski definition) is 0. The number of rotatable bonds is 4. The summed E-state index contributed by atoms with van der Waals surface area (Å²) in [5.41, 5.74) is 0.736. The lowest BCUT2D eigenvalue weighted by Gasteiger charge is -2.50. The zero-order chi connectivity index (χ0) is 26.8. The fourth-order valence-electron chi connectivity index (χ4n) is 6.36. The molecule has 0 spiro atoms. The highest BCUT2D eigenvalue weighted by molar-refractivity contribution is 7.92. The van der Waals surface area contributed by atoms with Gasteiger partial charge >= 0.3 is 6.18 Å². The molecule has 1 saturated carbocycles. The number of carbonyl (C=O) groups excluding carboxylic acids is 1. The van der Waals surface area contributed by atoms with Crippen molar-refractivity contribution < 1.29 is 26.4 Å². The van der Waals surface area contributed by atoms with Gasteiger partial charge in [0.05, 0.1) is 15.2 Å². The Balaban J connectivity index is 1.72. The molecule has 0 radical (unpaired) electrons. The molecule has 0 aliphatic heterocycles. The summed E-state index contributed by atoms with van der Waals surface area (Å²) in [6.07, 6.45) is -0.170. The summed E-state index contributed by atoms with van der Waals surface area (Å²) in [5.74, 6) is -1.43. The van der Waals surface area contributed by atoms with E-state index in [0.29, 0.717) is 6.42 Å². The van der Waals surface area contributed by atoms with Crippen LogP contribution < -0.4 is 0 Å². The number of sulfone groups is 1. The molecule has 2 aliphatic rings. The SMILES string of the molecule is CC(C)C(=O)C1CCC(C)(S(=O)(=O)c2cccc(C(F)(F)F)c2)C2c3ccc4ccccc4c3C=CC12. The Hall–Kier alpha value is -2.93. The molecule has 0 saturated heterocycles. The molecule has 0 bridgehead atoms. The third-order valence-corrected chi connectivity index (χ3v) is 10.9. The Morgan fingerprint density at radius 3 is 2.46 bits per heavy atom. The highest BCUT2D eigenvalue weighted by atomic mass is 32.2. The number of fused-ring (bicyclic) bond motifs is 5. The quantitative estimate of drug-likeness (QED) is 0.355. The molecule has 0 aromatic heterocycles. The molecule has 3 aromatic carbocycles. The van der Waals surface area contributed by atoms with Gasteiger partial charge in [0.25, 0.3) is 0 Å². The Morgan fingerprint density at radius 2 is 1.76 bits per heavy atom. The first kappa shape index (κ1) is 25.7. The van der Waals surface area contributed by atoms with Crippen LogP contribution in [0.5, 0.6) is 0 Å². The van der Waals surface area contributed by atoms with Gasteiger partial charge in [0.2, 0.25) is 0 Å². The monoisotopic (exact) mass is 526 g/mol. The van der Waals surface area contributed by atoms with E-state index in [4.69, 9.17) is 0 Å². The molecule has 37 heavy (non-hydrogen) atoms. The number of hydrogen-bond acceptors (Lipinski definition) is 3. The molecule has 0 heterocycles. The number of alkyl halides is 3. The number of benzene rings is 3. The van der Waals surface area contributed by atoms with E-state index in [1.54, 1.807) is 6.92 Å². The third-order valence-electron chi connectivity index (χ3n) is 8.30. The molecule has 3 aromatic rings. The smallest absolute Gasteiger partial charge is 0.299 e. The van der Waals surface area contributed by atoms with E-state index in [0.717, 1.165) is 40.1 Å². The number of allylic oxidation sites excluding steroid dienone is 1. The lowest BCUT2D eigenvalue weighted by Crippen LogP contribution is -2.52. The Kier molecular flexibility index (Phi) is 6.13. The first-order valence-corrected chi connectivity index (χ1v) is 14.0. The van der Waals surface area contributed by atoms with E-state index in [9.17, 15) is 26.4 Å². The number of halogens is 3. The molecule has 2 aliphatic carbocycles. The van der Waals surface area contributed by atoms with Crippen molar-refractivity contribution in [3.63, 3.8) is 0 Å². The Bertz CT molecular complexity index is 1520. The normalized spacial score (nSPS) is 25.6. The van der Waals surface area contributed by atoms with Gasteiger partial charge < -0.3 is 0 Å². The second-order valence-electron chi connectivity index (χ2n) is 10.7. The van der Waals surface area contributed by atoms with Crippen LogP contribution in [0.2, 0.25) is 0 Å². The number of Topliss-reactive ketones (excluding diaryl/α,β-unsaturated/α-hetero) is 1. The maximum atomic E-state index is 14.3. The molecule has 4 unspecified atom stereocenters. The second kappa shape index (κ2) is 8.83. The summed E-state index contributed by atoms with van der Waals surface area (Å²) < 4.78 is 67.5. The molecule has 5 rings (SSSR count). The number of ketones is 1. The van der Waals surface area contributed by atoms with E-state index < -0.39 is 32.2 Å². The van der Waals surface area contributed by atoms with Gasteiger partial charge in [0, 0.05) is 17.8 Å². The minimum Gasteiger partial charge on any atom is -0.299 e. The molecular formula is C30H29F3O3S. The van der Waals surface area contributed by atoms with E-state index in [1.165, 1.54) is 6.07 Å². The summed E-state index contributed by atoms with van der Waals surface area (Å²) in [7, 11) is -4.23. The van der Waals surface area contributed by atoms with Crippen LogP contribution in [0.15, 0.2) is 71.6 Å². The minimum absolute atomic E-state index is 0.0856. The van der Waals surface area contributed by atoms with Gasteiger partial charge in [-0.2, -0.15) is 13.2 Å². The van der Waals surface area contributed by atoms with Gasteiger partial charge in [-0.15, -0.1) is 0 Å². The summed E-state index contributed by atoms with van der Waals surface area (Å²) in [6, 6.07) is 15.7. The minimum atomic E-state index is -4.66. The molecule has 0 amide bonds. The second-order valence-corrected chi connectivity index (χ2v) is 13.2. The van der Waals surface area contributed by atoms with Crippen LogP contribution in [0.25, 0.3) is 16.8 Å². The lowest BCUT2D eigenvalue weighted by atomic mass is 9.59. The zero-order valence-corrected chi connectivity index (χ0v) is 21.7. The van der Waals surface area contributed by atoms with Crippen molar-refractivity contribution in [1.82, 2.24) is 0 Å². The topological polar surface area (TPSA) is 51.2 Å². The van der Waals surface area contributed by atoms with E-state index in [-0.39, 0.29) is 34.9 Å². The van der Waals surface area contributed by atoms with E-state index in [2.05, 4.69) is 0 Å².